The third-order valence-electron chi connectivity index (χ3n) is 4.00. The fourth-order valence-electron chi connectivity index (χ4n) is 2.65. The van der Waals surface area contributed by atoms with E-state index in [9.17, 15) is 18.0 Å². The first kappa shape index (κ1) is 18.9. The molecular weight excluding hydrogens is 374 g/mol. The molecule has 0 spiro atoms. The summed E-state index contributed by atoms with van der Waals surface area (Å²) in [5.41, 5.74) is 1.16. The second-order valence-corrected chi connectivity index (χ2v) is 8.17. The van der Waals surface area contributed by atoms with Gasteiger partial charge >= 0.3 is 5.97 Å². The molecule has 9 nitrogen and oxygen atoms in total. The number of aryl methyl sites for hydroxylation is 1. The Hall–Kier alpha value is -2.88. The highest BCUT2D eigenvalue weighted by Gasteiger charge is 2.29. The maximum absolute atomic E-state index is 12.3. The minimum Gasteiger partial charge on any atom is -0.449 e. The zero-order valence-electron chi connectivity index (χ0n) is 14.8. The van der Waals surface area contributed by atoms with Gasteiger partial charge in [0.1, 0.15) is 0 Å². The van der Waals surface area contributed by atoms with Crippen molar-refractivity contribution in [2.45, 2.75) is 26.4 Å². The van der Waals surface area contributed by atoms with Crippen LogP contribution in [-0.2, 0) is 19.6 Å². The third-order valence-corrected chi connectivity index (χ3v) is 5.87. The summed E-state index contributed by atoms with van der Waals surface area (Å²) in [6, 6.07) is 7.66. The van der Waals surface area contributed by atoms with Crippen LogP contribution in [0.1, 0.15) is 29.4 Å². The Morgan fingerprint density at radius 2 is 2.11 bits per heavy atom. The van der Waals surface area contributed by atoms with Gasteiger partial charge in [-0.2, -0.15) is 0 Å². The highest BCUT2D eigenvalue weighted by molar-refractivity contribution is 7.93. The number of nitrogens with one attached hydrogen (secondary N) is 1. The van der Waals surface area contributed by atoms with Gasteiger partial charge in [-0.25, -0.2) is 13.2 Å². The van der Waals surface area contributed by atoms with Gasteiger partial charge < -0.3 is 9.26 Å². The molecule has 1 atom stereocenters. The Kier molecular flexibility index (Phi) is 5.17. The number of sulfonamides is 1. The average molecular weight is 393 g/mol. The highest BCUT2D eigenvalue weighted by atomic mass is 32.2. The van der Waals surface area contributed by atoms with Crippen LogP contribution in [0.15, 0.2) is 34.9 Å². The number of carbonyl (C=O) groups excluding carboxylic acids is 2. The van der Waals surface area contributed by atoms with Crippen LogP contribution in [0.5, 0.6) is 0 Å². The Morgan fingerprint density at radius 3 is 2.74 bits per heavy atom. The first-order valence-electron chi connectivity index (χ1n) is 8.32. The zero-order chi connectivity index (χ0) is 19.6. The summed E-state index contributed by atoms with van der Waals surface area (Å²) >= 11 is 0. The topological polar surface area (TPSA) is 119 Å². The summed E-state index contributed by atoms with van der Waals surface area (Å²) in [4.78, 5) is 24.4. The molecule has 1 aliphatic rings. The van der Waals surface area contributed by atoms with Crippen molar-refractivity contribution in [3.05, 3.63) is 41.6 Å². The molecule has 0 unspecified atom stereocenters. The molecule has 0 bridgehead atoms. The zero-order valence-corrected chi connectivity index (χ0v) is 15.7. The molecule has 0 aliphatic carbocycles. The number of anilines is 2. The molecule has 144 valence electrons. The van der Waals surface area contributed by atoms with Crippen molar-refractivity contribution in [1.29, 1.82) is 0 Å². The number of esters is 1. The predicted molar refractivity (Wildman–Crippen MR) is 96.9 cm³/mol. The number of amides is 1. The number of aromatic nitrogens is 1. The third kappa shape index (κ3) is 4.27. The lowest BCUT2D eigenvalue weighted by atomic mass is 10.2. The lowest BCUT2D eigenvalue weighted by Crippen LogP contribution is -2.30. The van der Waals surface area contributed by atoms with E-state index in [0.717, 1.165) is 0 Å². The summed E-state index contributed by atoms with van der Waals surface area (Å²) in [5.74, 6) is -1.07. The summed E-state index contributed by atoms with van der Waals surface area (Å²) in [6.45, 7) is 3.50. The smallest absolute Gasteiger partial charge is 0.338 e. The maximum atomic E-state index is 12.3. The summed E-state index contributed by atoms with van der Waals surface area (Å²) in [5, 5.41) is 6.10. The van der Waals surface area contributed by atoms with Crippen LogP contribution in [0, 0.1) is 6.92 Å². The summed E-state index contributed by atoms with van der Waals surface area (Å²) in [7, 11) is -3.35. The molecular formula is C17H19N3O6S. The molecule has 10 heteroatoms. The number of carbonyl (C=O) groups is 2. The lowest BCUT2D eigenvalue weighted by Gasteiger charge is -2.18. The van der Waals surface area contributed by atoms with Crippen molar-refractivity contribution in [1.82, 2.24) is 5.16 Å². The van der Waals surface area contributed by atoms with Crippen molar-refractivity contribution < 1.29 is 27.3 Å². The van der Waals surface area contributed by atoms with Gasteiger partial charge in [-0.1, -0.05) is 11.2 Å². The van der Waals surface area contributed by atoms with Crippen molar-refractivity contribution in [2.24, 2.45) is 0 Å². The van der Waals surface area contributed by atoms with Gasteiger partial charge in [-0.05, 0) is 38.5 Å². The second-order valence-electron chi connectivity index (χ2n) is 6.16. The first-order valence-corrected chi connectivity index (χ1v) is 9.93. The summed E-state index contributed by atoms with van der Waals surface area (Å²) < 4.78 is 35.4. The molecule has 1 saturated heterocycles. The van der Waals surface area contributed by atoms with Gasteiger partial charge in [0.2, 0.25) is 15.9 Å². The molecule has 1 N–H and O–H groups in total. The fourth-order valence-corrected chi connectivity index (χ4v) is 4.20. The van der Waals surface area contributed by atoms with Crippen molar-refractivity contribution in [3.8, 4) is 0 Å². The van der Waals surface area contributed by atoms with E-state index in [0.29, 0.717) is 24.3 Å². The predicted octanol–water partition coefficient (Wildman–Crippen LogP) is 1.71. The van der Waals surface area contributed by atoms with Gasteiger partial charge in [0.15, 0.2) is 6.10 Å². The molecule has 0 radical (unpaired) electrons. The number of ether oxygens (including phenoxy) is 1. The van der Waals surface area contributed by atoms with Crippen LogP contribution >= 0.6 is 0 Å². The molecule has 1 fully saturated rings. The molecule has 1 aliphatic heterocycles. The quantitative estimate of drug-likeness (QED) is 0.768. The number of benzene rings is 1. The minimum atomic E-state index is -3.35. The van der Waals surface area contributed by atoms with E-state index < -0.39 is 28.0 Å². The van der Waals surface area contributed by atoms with Crippen LogP contribution in [-0.4, -0.2) is 43.9 Å². The van der Waals surface area contributed by atoms with Gasteiger partial charge in [-0.15, -0.1) is 0 Å². The van der Waals surface area contributed by atoms with E-state index in [1.54, 1.807) is 19.1 Å². The van der Waals surface area contributed by atoms with Crippen LogP contribution in [0.3, 0.4) is 0 Å². The van der Waals surface area contributed by atoms with Gasteiger partial charge in [-0.3, -0.25) is 14.4 Å². The number of rotatable bonds is 5. The van der Waals surface area contributed by atoms with Crippen LogP contribution in [0.2, 0.25) is 0 Å². The molecule has 2 heterocycles. The highest BCUT2D eigenvalue weighted by Crippen LogP contribution is 2.25. The average Bonchev–Trinajstić information content (AvgIpc) is 3.19. The first-order chi connectivity index (χ1) is 12.8. The molecule has 2 aromatic rings. The molecule has 27 heavy (non-hydrogen) atoms. The van der Waals surface area contributed by atoms with E-state index in [-0.39, 0.29) is 17.2 Å². The second kappa shape index (κ2) is 7.39. The van der Waals surface area contributed by atoms with Crippen molar-refractivity contribution in [3.63, 3.8) is 0 Å². The largest absolute Gasteiger partial charge is 0.449 e. The Labute approximate surface area is 156 Å². The lowest BCUT2D eigenvalue weighted by molar-refractivity contribution is -0.123. The van der Waals surface area contributed by atoms with E-state index in [1.807, 2.05) is 0 Å². The van der Waals surface area contributed by atoms with E-state index >= 15 is 0 Å². The van der Waals surface area contributed by atoms with Gasteiger partial charge in [0.05, 0.1) is 22.7 Å². The Balaban J connectivity index is 1.67. The SMILES string of the molecule is Cc1cc(NC(=O)[C@@H](C)OC(=O)c2cccc(N3CCCS3(=O)=O)c2)on1. The van der Waals surface area contributed by atoms with Gasteiger partial charge in [0.25, 0.3) is 5.91 Å². The van der Waals surface area contributed by atoms with E-state index in [4.69, 9.17) is 9.26 Å². The molecule has 1 amide bonds. The molecule has 3 rings (SSSR count). The Bertz CT molecular complexity index is 969. The standard InChI is InChI=1S/C17H19N3O6S/c1-11-9-15(26-19-11)18-16(21)12(2)25-17(22)13-5-3-6-14(10-13)20-7-4-8-27(20,23)24/h3,5-6,9-10,12H,4,7-8H2,1-2H3,(H,18,21)/t12-/m1/s1. The Morgan fingerprint density at radius 1 is 1.33 bits per heavy atom. The number of hydrogen-bond acceptors (Lipinski definition) is 7. The minimum absolute atomic E-state index is 0.0833. The fraction of sp³-hybridized carbons (Fsp3) is 0.353. The maximum Gasteiger partial charge on any atom is 0.338 e. The van der Waals surface area contributed by atoms with Crippen molar-refractivity contribution >= 4 is 33.5 Å². The number of hydrogen-bond donors (Lipinski definition) is 1. The van der Waals surface area contributed by atoms with Crippen LogP contribution in [0.25, 0.3) is 0 Å². The summed E-state index contributed by atoms with van der Waals surface area (Å²) in [6.07, 6.45) is -0.544. The van der Waals surface area contributed by atoms with E-state index in [1.165, 1.54) is 29.4 Å². The monoisotopic (exact) mass is 393 g/mol. The normalized spacial score (nSPS) is 16.7. The van der Waals surface area contributed by atoms with Crippen LogP contribution < -0.4 is 9.62 Å². The number of nitrogens with zero attached hydrogens (tertiary/aromatic N) is 2. The van der Waals surface area contributed by atoms with Crippen molar-refractivity contribution in [2.75, 3.05) is 21.9 Å². The molecule has 1 aromatic heterocycles. The molecule has 0 saturated carbocycles. The van der Waals surface area contributed by atoms with Crippen LogP contribution in [0.4, 0.5) is 11.6 Å². The molecule has 1 aromatic carbocycles. The van der Waals surface area contributed by atoms with Gasteiger partial charge in [0, 0.05) is 12.6 Å². The van der Waals surface area contributed by atoms with E-state index in [2.05, 4.69) is 10.5 Å².